The van der Waals surface area contributed by atoms with Crippen molar-refractivity contribution in [3.8, 4) is 0 Å². The molecular formula is C15H30O2. The zero-order valence-corrected chi connectivity index (χ0v) is 11.7. The molecule has 0 N–H and O–H groups in total. The van der Waals surface area contributed by atoms with Crippen molar-refractivity contribution in [2.24, 2.45) is 0 Å². The van der Waals surface area contributed by atoms with Gasteiger partial charge in [0.25, 0.3) is 0 Å². The summed E-state index contributed by atoms with van der Waals surface area (Å²) < 4.78 is 11.3. The van der Waals surface area contributed by atoms with Gasteiger partial charge in [-0.15, -0.1) is 0 Å². The molecular weight excluding hydrogens is 212 g/mol. The van der Waals surface area contributed by atoms with Gasteiger partial charge in [-0.25, -0.2) is 0 Å². The SMILES string of the molecule is CCCCCCCCCC[C@@H]1OCC[C@@H](C)O1. The highest BCUT2D eigenvalue weighted by Gasteiger charge is 2.18. The van der Waals surface area contributed by atoms with Crippen LogP contribution in [-0.4, -0.2) is 19.0 Å². The minimum atomic E-state index is 0.0823. The maximum absolute atomic E-state index is 5.72. The van der Waals surface area contributed by atoms with Gasteiger partial charge < -0.3 is 9.47 Å². The van der Waals surface area contributed by atoms with Gasteiger partial charge in [-0.3, -0.25) is 0 Å². The Morgan fingerprint density at radius 2 is 1.59 bits per heavy atom. The van der Waals surface area contributed by atoms with E-state index >= 15 is 0 Å². The summed E-state index contributed by atoms with van der Waals surface area (Å²) in [5.74, 6) is 0. The summed E-state index contributed by atoms with van der Waals surface area (Å²) in [6.07, 6.45) is 13.6. The lowest BCUT2D eigenvalue weighted by Gasteiger charge is -2.28. The number of hydrogen-bond acceptors (Lipinski definition) is 2. The fraction of sp³-hybridized carbons (Fsp3) is 1.00. The zero-order valence-electron chi connectivity index (χ0n) is 11.7. The normalized spacial score (nSPS) is 25.1. The molecule has 0 radical (unpaired) electrons. The standard InChI is InChI=1S/C15H30O2/c1-3-4-5-6-7-8-9-10-11-15-16-13-12-14(2)17-15/h14-15H,3-13H2,1-2H3/t14-,15-/m1/s1. The second-order valence-corrected chi connectivity index (χ2v) is 5.30. The first-order chi connectivity index (χ1) is 8.33. The van der Waals surface area contributed by atoms with Crippen molar-refractivity contribution in [3.05, 3.63) is 0 Å². The molecule has 1 aliphatic rings. The summed E-state index contributed by atoms with van der Waals surface area (Å²) in [5, 5.41) is 0. The van der Waals surface area contributed by atoms with Crippen LogP contribution in [0.4, 0.5) is 0 Å². The first-order valence-electron chi connectivity index (χ1n) is 7.60. The molecule has 0 amide bonds. The molecule has 1 aliphatic heterocycles. The minimum absolute atomic E-state index is 0.0823. The third-order valence-corrected chi connectivity index (χ3v) is 3.51. The van der Waals surface area contributed by atoms with Crippen molar-refractivity contribution >= 4 is 0 Å². The second-order valence-electron chi connectivity index (χ2n) is 5.30. The van der Waals surface area contributed by atoms with Gasteiger partial charge in [0.1, 0.15) is 0 Å². The van der Waals surface area contributed by atoms with E-state index in [1.807, 2.05) is 0 Å². The topological polar surface area (TPSA) is 18.5 Å². The number of rotatable bonds is 9. The summed E-state index contributed by atoms with van der Waals surface area (Å²) in [6, 6.07) is 0. The molecule has 17 heavy (non-hydrogen) atoms. The van der Waals surface area contributed by atoms with E-state index in [4.69, 9.17) is 9.47 Å². The molecule has 1 fully saturated rings. The van der Waals surface area contributed by atoms with Crippen LogP contribution in [0.25, 0.3) is 0 Å². The number of unbranched alkanes of at least 4 members (excludes halogenated alkanes) is 7. The largest absolute Gasteiger partial charge is 0.353 e. The second kappa shape index (κ2) is 9.90. The molecule has 2 nitrogen and oxygen atoms in total. The van der Waals surface area contributed by atoms with Crippen molar-refractivity contribution in [2.75, 3.05) is 6.61 Å². The van der Waals surface area contributed by atoms with Crippen LogP contribution in [0, 0.1) is 0 Å². The minimum Gasteiger partial charge on any atom is -0.353 e. The van der Waals surface area contributed by atoms with E-state index in [1.54, 1.807) is 0 Å². The van der Waals surface area contributed by atoms with Gasteiger partial charge in [0.15, 0.2) is 6.29 Å². The van der Waals surface area contributed by atoms with Gasteiger partial charge in [-0.1, -0.05) is 51.9 Å². The average Bonchev–Trinajstić information content (AvgIpc) is 2.33. The van der Waals surface area contributed by atoms with Crippen LogP contribution >= 0.6 is 0 Å². The monoisotopic (exact) mass is 242 g/mol. The molecule has 2 atom stereocenters. The Morgan fingerprint density at radius 3 is 2.24 bits per heavy atom. The Hall–Kier alpha value is -0.0800. The van der Waals surface area contributed by atoms with Gasteiger partial charge in [-0.2, -0.15) is 0 Å². The highest BCUT2D eigenvalue weighted by molar-refractivity contribution is 4.59. The zero-order chi connectivity index (χ0) is 12.3. The fourth-order valence-corrected chi connectivity index (χ4v) is 2.33. The van der Waals surface area contributed by atoms with Crippen molar-refractivity contribution in [2.45, 2.75) is 90.4 Å². The van der Waals surface area contributed by atoms with Gasteiger partial charge in [0.05, 0.1) is 12.7 Å². The highest BCUT2D eigenvalue weighted by atomic mass is 16.7. The molecule has 0 aliphatic carbocycles. The molecule has 0 aromatic rings. The molecule has 0 spiro atoms. The summed E-state index contributed by atoms with van der Waals surface area (Å²) in [4.78, 5) is 0. The Morgan fingerprint density at radius 1 is 0.941 bits per heavy atom. The van der Waals surface area contributed by atoms with Crippen LogP contribution in [-0.2, 0) is 9.47 Å². The predicted octanol–water partition coefficient (Wildman–Crippen LogP) is 4.67. The molecule has 0 bridgehead atoms. The third kappa shape index (κ3) is 7.77. The lowest BCUT2D eigenvalue weighted by atomic mass is 10.1. The summed E-state index contributed by atoms with van der Waals surface area (Å²) >= 11 is 0. The number of hydrogen-bond donors (Lipinski definition) is 0. The average molecular weight is 242 g/mol. The van der Waals surface area contributed by atoms with E-state index in [0.29, 0.717) is 6.10 Å². The summed E-state index contributed by atoms with van der Waals surface area (Å²) in [6.45, 7) is 5.29. The molecule has 0 unspecified atom stereocenters. The highest BCUT2D eigenvalue weighted by Crippen LogP contribution is 2.18. The first-order valence-corrected chi connectivity index (χ1v) is 7.60. The van der Waals surface area contributed by atoms with Crippen molar-refractivity contribution in [1.29, 1.82) is 0 Å². The van der Waals surface area contributed by atoms with Crippen molar-refractivity contribution in [1.82, 2.24) is 0 Å². The van der Waals surface area contributed by atoms with E-state index in [0.717, 1.165) is 19.4 Å². The predicted molar refractivity (Wildman–Crippen MR) is 72.1 cm³/mol. The summed E-state index contributed by atoms with van der Waals surface area (Å²) in [7, 11) is 0. The van der Waals surface area contributed by atoms with Crippen LogP contribution in [0.2, 0.25) is 0 Å². The van der Waals surface area contributed by atoms with Gasteiger partial charge >= 0.3 is 0 Å². The van der Waals surface area contributed by atoms with Crippen LogP contribution in [0.3, 0.4) is 0 Å². The van der Waals surface area contributed by atoms with Crippen LogP contribution < -0.4 is 0 Å². The van der Waals surface area contributed by atoms with Crippen LogP contribution in [0.1, 0.15) is 78.1 Å². The quantitative estimate of drug-likeness (QED) is 0.547. The lowest BCUT2D eigenvalue weighted by molar-refractivity contribution is -0.210. The number of ether oxygens (including phenoxy) is 2. The molecule has 1 saturated heterocycles. The lowest BCUT2D eigenvalue weighted by Crippen LogP contribution is -2.30. The maximum Gasteiger partial charge on any atom is 0.157 e. The molecule has 0 aromatic carbocycles. The van der Waals surface area contributed by atoms with E-state index in [2.05, 4.69) is 13.8 Å². The maximum atomic E-state index is 5.72. The van der Waals surface area contributed by atoms with E-state index in [-0.39, 0.29) is 6.29 Å². The summed E-state index contributed by atoms with van der Waals surface area (Å²) in [5.41, 5.74) is 0. The molecule has 102 valence electrons. The molecule has 1 rings (SSSR count). The molecule has 1 heterocycles. The van der Waals surface area contributed by atoms with Gasteiger partial charge in [0, 0.05) is 0 Å². The molecule has 0 saturated carbocycles. The molecule has 0 aromatic heterocycles. The van der Waals surface area contributed by atoms with Crippen LogP contribution in [0.5, 0.6) is 0 Å². The van der Waals surface area contributed by atoms with E-state index < -0.39 is 0 Å². The Balaban J connectivity index is 1.83. The Kier molecular flexibility index (Phi) is 8.72. The van der Waals surface area contributed by atoms with Crippen LogP contribution in [0.15, 0.2) is 0 Å². The van der Waals surface area contributed by atoms with E-state index in [9.17, 15) is 0 Å². The molecule has 2 heteroatoms. The van der Waals surface area contributed by atoms with Crippen molar-refractivity contribution in [3.63, 3.8) is 0 Å². The smallest absolute Gasteiger partial charge is 0.157 e. The van der Waals surface area contributed by atoms with Gasteiger partial charge in [-0.05, 0) is 26.2 Å². The first kappa shape index (κ1) is 15.0. The Bertz CT molecular complexity index is 170. The van der Waals surface area contributed by atoms with Crippen molar-refractivity contribution < 1.29 is 9.47 Å². The third-order valence-electron chi connectivity index (χ3n) is 3.51. The fourth-order valence-electron chi connectivity index (χ4n) is 2.33. The van der Waals surface area contributed by atoms with Gasteiger partial charge in [0.2, 0.25) is 0 Å². The Labute approximate surface area is 107 Å². The van der Waals surface area contributed by atoms with E-state index in [1.165, 1.54) is 51.4 Å².